The van der Waals surface area contributed by atoms with E-state index < -0.39 is 10.0 Å². The number of hydrogen-bond donors (Lipinski definition) is 0. The number of hydrogen-bond acceptors (Lipinski definition) is 6. The maximum absolute atomic E-state index is 13.0. The molecule has 27 heavy (non-hydrogen) atoms. The number of nitrogens with zero attached hydrogens (tertiary/aromatic N) is 3. The van der Waals surface area contributed by atoms with Crippen LogP contribution < -0.4 is 4.90 Å². The van der Waals surface area contributed by atoms with Gasteiger partial charge in [-0.2, -0.15) is 4.31 Å². The molecular weight excluding hydrogens is 406 g/mol. The Kier molecular flexibility index (Phi) is 4.98. The van der Waals surface area contributed by atoms with Crippen LogP contribution in [0.15, 0.2) is 51.3 Å². The summed E-state index contributed by atoms with van der Waals surface area (Å²) >= 11 is 7.32. The van der Waals surface area contributed by atoms with Crippen molar-refractivity contribution in [3.63, 3.8) is 0 Å². The molecule has 9 heteroatoms. The van der Waals surface area contributed by atoms with Crippen molar-refractivity contribution in [1.82, 2.24) is 9.46 Å². The van der Waals surface area contributed by atoms with Crippen molar-refractivity contribution in [3.05, 3.63) is 53.2 Å². The molecule has 0 radical (unpaired) electrons. The maximum atomic E-state index is 13.0. The van der Waals surface area contributed by atoms with E-state index >= 15 is 0 Å². The van der Waals surface area contributed by atoms with Crippen LogP contribution in [0.5, 0.6) is 0 Å². The Morgan fingerprint density at radius 2 is 1.89 bits per heavy atom. The molecule has 1 saturated heterocycles. The molecule has 0 bridgehead atoms. The molecule has 0 unspecified atom stereocenters. The number of rotatable bonds is 4. The maximum Gasteiger partial charge on any atom is 0.252 e. The molecule has 0 amide bonds. The van der Waals surface area contributed by atoms with Crippen molar-refractivity contribution in [1.29, 1.82) is 0 Å². The summed E-state index contributed by atoms with van der Waals surface area (Å²) in [5, 5.41) is 4.35. The molecule has 0 atom stereocenters. The zero-order valence-corrected chi connectivity index (χ0v) is 17.0. The molecule has 0 spiro atoms. The van der Waals surface area contributed by atoms with Gasteiger partial charge < -0.3 is 9.42 Å². The summed E-state index contributed by atoms with van der Waals surface area (Å²) in [6.07, 6.45) is 1.54. The Labute approximate surface area is 167 Å². The summed E-state index contributed by atoms with van der Waals surface area (Å²) in [5.74, 6) is 0.572. The van der Waals surface area contributed by atoms with E-state index in [1.54, 1.807) is 28.7 Å². The molecule has 0 N–H and O–H groups in total. The minimum atomic E-state index is -3.52. The minimum Gasteiger partial charge on any atom is -0.369 e. The monoisotopic (exact) mass is 423 g/mol. The van der Waals surface area contributed by atoms with Crippen molar-refractivity contribution in [3.8, 4) is 10.6 Å². The molecule has 3 heterocycles. The number of halogens is 1. The van der Waals surface area contributed by atoms with E-state index in [1.165, 1.54) is 11.3 Å². The molecule has 1 fully saturated rings. The minimum absolute atomic E-state index is 0.321. The van der Waals surface area contributed by atoms with Gasteiger partial charge in [-0.1, -0.05) is 22.8 Å². The molecule has 6 nitrogen and oxygen atoms in total. The lowest BCUT2D eigenvalue weighted by atomic mass is 10.1. The summed E-state index contributed by atoms with van der Waals surface area (Å²) in [6, 6.07) is 10.9. The third-order valence-corrected chi connectivity index (χ3v) is 8.31. The Morgan fingerprint density at radius 3 is 2.59 bits per heavy atom. The molecule has 0 aliphatic carbocycles. The SMILES string of the molecule is Cc1ccc(Cl)cc1N1CCN(S(=O)(=O)c2ccc(-c3ccno3)s2)CC1. The Hall–Kier alpha value is -1.87. The van der Waals surface area contributed by atoms with E-state index in [4.69, 9.17) is 16.1 Å². The van der Waals surface area contributed by atoms with E-state index in [2.05, 4.69) is 10.1 Å². The average molecular weight is 424 g/mol. The lowest BCUT2D eigenvalue weighted by Gasteiger charge is -2.36. The van der Waals surface area contributed by atoms with Gasteiger partial charge in [0.05, 0.1) is 11.1 Å². The molecule has 142 valence electrons. The number of benzene rings is 1. The third kappa shape index (κ3) is 3.62. The van der Waals surface area contributed by atoms with Gasteiger partial charge in [-0.3, -0.25) is 0 Å². The second kappa shape index (κ2) is 7.27. The second-order valence-corrected chi connectivity index (χ2v) is 10.0. The van der Waals surface area contributed by atoms with Gasteiger partial charge in [0.1, 0.15) is 4.21 Å². The molecule has 2 aromatic heterocycles. The van der Waals surface area contributed by atoms with Gasteiger partial charge in [0.15, 0.2) is 5.76 Å². The Balaban J connectivity index is 1.49. The number of piperazine rings is 1. The van der Waals surface area contributed by atoms with Crippen molar-refractivity contribution in [2.75, 3.05) is 31.1 Å². The number of thiophene rings is 1. The van der Waals surface area contributed by atoms with Crippen LogP contribution in [0.25, 0.3) is 10.6 Å². The fourth-order valence-electron chi connectivity index (χ4n) is 3.15. The summed E-state index contributed by atoms with van der Waals surface area (Å²) in [6.45, 7) is 4.15. The first-order valence-corrected chi connectivity index (χ1v) is 11.1. The van der Waals surface area contributed by atoms with Crippen LogP contribution in [0.4, 0.5) is 5.69 Å². The van der Waals surface area contributed by atoms with Crippen LogP contribution in [0, 0.1) is 6.92 Å². The molecular formula is C18H18ClN3O3S2. The second-order valence-electron chi connectivity index (χ2n) is 6.32. The van der Waals surface area contributed by atoms with Gasteiger partial charge in [0, 0.05) is 43.0 Å². The van der Waals surface area contributed by atoms with Crippen LogP contribution in [0.2, 0.25) is 5.02 Å². The number of sulfonamides is 1. The van der Waals surface area contributed by atoms with Crippen molar-refractivity contribution >= 4 is 38.6 Å². The fourth-order valence-corrected chi connectivity index (χ4v) is 6.16. The number of aromatic nitrogens is 1. The predicted octanol–water partition coefficient (Wildman–Crippen LogP) is 3.88. The fraction of sp³-hybridized carbons (Fsp3) is 0.278. The highest BCUT2D eigenvalue weighted by atomic mass is 35.5. The van der Waals surface area contributed by atoms with Gasteiger partial charge in [-0.25, -0.2) is 8.42 Å². The highest BCUT2D eigenvalue weighted by Crippen LogP contribution is 2.33. The topological polar surface area (TPSA) is 66.7 Å². The first-order chi connectivity index (χ1) is 12.9. The largest absolute Gasteiger partial charge is 0.369 e. The van der Waals surface area contributed by atoms with E-state index in [-0.39, 0.29) is 0 Å². The summed E-state index contributed by atoms with van der Waals surface area (Å²) in [5.41, 5.74) is 2.19. The van der Waals surface area contributed by atoms with Crippen molar-refractivity contribution in [2.45, 2.75) is 11.1 Å². The first kappa shape index (κ1) is 18.5. The van der Waals surface area contributed by atoms with Crippen molar-refractivity contribution < 1.29 is 12.9 Å². The highest BCUT2D eigenvalue weighted by Gasteiger charge is 2.30. The smallest absolute Gasteiger partial charge is 0.252 e. The van der Waals surface area contributed by atoms with Crippen LogP contribution in [-0.4, -0.2) is 44.1 Å². The highest BCUT2D eigenvalue weighted by molar-refractivity contribution is 7.91. The molecule has 3 aromatic rings. The summed E-state index contributed by atoms with van der Waals surface area (Å²) < 4.78 is 32.9. The Morgan fingerprint density at radius 1 is 1.11 bits per heavy atom. The van der Waals surface area contributed by atoms with E-state index in [0.29, 0.717) is 41.2 Å². The average Bonchev–Trinajstić information content (AvgIpc) is 3.35. The summed E-state index contributed by atoms with van der Waals surface area (Å²) in [4.78, 5) is 2.93. The predicted molar refractivity (Wildman–Crippen MR) is 107 cm³/mol. The van der Waals surface area contributed by atoms with Crippen LogP contribution in [-0.2, 0) is 10.0 Å². The van der Waals surface area contributed by atoms with Crippen molar-refractivity contribution in [2.24, 2.45) is 0 Å². The number of aryl methyl sites for hydroxylation is 1. The summed E-state index contributed by atoms with van der Waals surface area (Å²) in [7, 11) is -3.52. The van der Waals surface area contributed by atoms with Gasteiger partial charge in [-0.15, -0.1) is 11.3 Å². The standard InChI is InChI=1S/C18H18ClN3O3S2/c1-13-2-3-14(19)12-15(13)21-8-10-22(11-9-21)27(23,24)18-5-4-17(26-18)16-6-7-20-25-16/h2-7,12H,8-11H2,1H3. The lowest BCUT2D eigenvalue weighted by Crippen LogP contribution is -2.48. The zero-order valence-electron chi connectivity index (χ0n) is 14.6. The zero-order chi connectivity index (χ0) is 19.0. The van der Waals surface area contributed by atoms with Crippen LogP contribution >= 0.6 is 22.9 Å². The molecule has 1 aliphatic heterocycles. The lowest BCUT2D eigenvalue weighted by molar-refractivity contribution is 0.385. The van der Waals surface area contributed by atoms with Gasteiger partial charge in [0.25, 0.3) is 10.0 Å². The first-order valence-electron chi connectivity index (χ1n) is 8.47. The van der Waals surface area contributed by atoms with Crippen LogP contribution in [0.1, 0.15) is 5.56 Å². The third-order valence-electron chi connectivity index (χ3n) is 4.61. The van der Waals surface area contributed by atoms with E-state index in [9.17, 15) is 8.42 Å². The van der Waals surface area contributed by atoms with Gasteiger partial charge in [0.2, 0.25) is 0 Å². The normalized spacial score (nSPS) is 16.0. The molecule has 1 aliphatic rings. The van der Waals surface area contributed by atoms with E-state index in [1.807, 2.05) is 25.1 Å². The number of anilines is 1. The molecule has 0 saturated carbocycles. The van der Waals surface area contributed by atoms with E-state index in [0.717, 1.165) is 16.1 Å². The molecule has 4 rings (SSSR count). The Bertz CT molecular complexity index is 1040. The quantitative estimate of drug-likeness (QED) is 0.637. The van der Waals surface area contributed by atoms with Gasteiger partial charge >= 0.3 is 0 Å². The van der Waals surface area contributed by atoms with Crippen LogP contribution in [0.3, 0.4) is 0 Å². The van der Waals surface area contributed by atoms with Gasteiger partial charge in [-0.05, 0) is 36.8 Å². The molecule has 1 aromatic carbocycles.